The lowest BCUT2D eigenvalue weighted by atomic mass is 10.1. The molecule has 0 rings (SSSR count). The van der Waals surface area contributed by atoms with Gasteiger partial charge in [0.25, 0.3) is 0 Å². The second-order valence-electron chi connectivity index (χ2n) is 2.96. The lowest BCUT2D eigenvalue weighted by Gasteiger charge is -1.96. The van der Waals surface area contributed by atoms with Crippen molar-refractivity contribution in [1.29, 1.82) is 0 Å². The maximum atomic E-state index is 3.84. The van der Waals surface area contributed by atoms with E-state index in [0.717, 1.165) is 6.42 Å². The van der Waals surface area contributed by atoms with Gasteiger partial charge in [0, 0.05) is 0 Å². The van der Waals surface area contributed by atoms with E-state index in [2.05, 4.69) is 33.4 Å². The van der Waals surface area contributed by atoms with Crippen LogP contribution < -0.4 is 0 Å². The third-order valence-corrected chi connectivity index (χ3v) is 1.44. The normalized spacial score (nSPS) is 11.7. The molecule has 0 amide bonds. The van der Waals surface area contributed by atoms with Crippen molar-refractivity contribution in [2.45, 2.75) is 40.0 Å². The van der Waals surface area contributed by atoms with Crippen molar-refractivity contribution < 1.29 is 0 Å². The molecule has 10 heavy (non-hydrogen) atoms. The number of hydrogen-bond acceptors (Lipinski definition) is 0. The van der Waals surface area contributed by atoms with Gasteiger partial charge in [-0.15, -0.1) is 0 Å². The molecule has 58 valence electrons. The van der Waals surface area contributed by atoms with Crippen molar-refractivity contribution in [1.82, 2.24) is 0 Å². The van der Waals surface area contributed by atoms with Gasteiger partial charge in [-0.2, -0.15) is 0 Å². The van der Waals surface area contributed by atoms with E-state index in [0.29, 0.717) is 0 Å². The third kappa shape index (κ3) is 5.61. The van der Waals surface area contributed by atoms with Crippen LogP contribution in [0.25, 0.3) is 0 Å². The summed E-state index contributed by atoms with van der Waals surface area (Å²) in [5, 5.41) is 0. The lowest BCUT2D eigenvalue weighted by Crippen LogP contribution is -1.76. The molecule has 0 aromatic rings. The minimum atomic E-state index is 1.05. The van der Waals surface area contributed by atoms with Crippen LogP contribution in [0.5, 0.6) is 0 Å². The second kappa shape index (κ2) is 5.28. The zero-order valence-corrected chi connectivity index (χ0v) is 7.41. The van der Waals surface area contributed by atoms with Gasteiger partial charge >= 0.3 is 0 Å². The topological polar surface area (TPSA) is 0 Å². The Morgan fingerprint density at radius 2 is 2.00 bits per heavy atom. The molecule has 0 saturated heterocycles. The van der Waals surface area contributed by atoms with E-state index in [1.165, 1.54) is 24.0 Å². The second-order valence-corrected chi connectivity index (χ2v) is 2.96. The van der Waals surface area contributed by atoms with E-state index in [1.807, 2.05) is 0 Å². The van der Waals surface area contributed by atoms with Crippen LogP contribution in [-0.2, 0) is 0 Å². The molecular weight excluding hydrogens is 120 g/mol. The van der Waals surface area contributed by atoms with Crippen LogP contribution in [-0.4, -0.2) is 0 Å². The van der Waals surface area contributed by atoms with Gasteiger partial charge in [0.1, 0.15) is 0 Å². The zero-order valence-electron chi connectivity index (χ0n) is 7.41. The lowest BCUT2D eigenvalue weighted by molar-refractivity contribution is 0.897. The van der Waals surface area contributed by atoms with Crippen LogP contribution in [0.3, 0.4) is 0 Å². The first kappa shape index (κ1) is 9.48. The van der Waals surface area contributed by atoms with Crippen molar-refractivity contribution in [3.8, 4) is 0 Å². The molecule has 0 heteroatoms. The minimum Gasteiger partial charge on any atom is -0.0998 e. The van der Waals surface area contributed by atoms with E-state index >= 15 is 0 Å². The molecule has 0 spiro atoms. The smallest absolute Gasteiger partial charge is 0.0142 e. The van der Waals surface area contributed by atoms with Crippen LogP contribution >= 0.6 is 0 Å². The van der Waals surface area contributed by atoms with E-state index < -0.39 is 0 Å². The Balaban J connectivity index is 3.57. The average Bonchev–Trinajstić information content (AvgIpc) is 1.85. The summed E-state index contributed by atoms with van der Waals surface area (Å²) in [6.45, 7) is 10.3. The van der Waals surface area contributed by atoms with Gasteiger partial charge < -0.3 is 0 Å². The molecule has 0 heterocycles. The molecule has 0 bridgehead atoms. The first-order valence-corrected chi connectivity index (χ1v) is 3.96. The summed E-state index contributed by atoms with van der Waals surface area (Å²) in [6, 6.07) is 0. The summed E-state index contributed by atoms with van der Waals surface area (Å²) >= 11 is 0. The fourth-order valence-electron chi connectivity index (χ4n) is 0.845. The Kier molecular flexibility index (Phi) is 5.00. The fourth-order valence-corrected chi connectivity index (χ4v) is 0.845. The van der Waals surface area contributed by atoms with Crippen LogP contribution in [0.15, 0.2) is 23.8 Å². The predicted octanol–water partition coefficient (Wildman–Crippen LogP) is 3.70. The highest BCUT2D eigenvalue weighted by atomic mass is 13.9. The van der Waals surface area contributed by atoms with E-state index in [1.54, 1.807) is 0 Å². The van der Waals surface area contributed by atoms with E-state index in [4.69, 9.17) is 0 Å². The summed E-state index contributed by atoms with van der Waals surface area (Å²) in [6.07, 6.45) is 5.80. The summed E-state index contributed by atoms with van der Waals surface area (Å²) in [5.41, 5.74) is 2.74. The Labute approximate surface area is 64.6 Å². The largest absolute Gasteiger partial charge is 0.0998 e. The molecule has 0 N–H and O–H groups in total. The van der Waals surface area contributed by atoms with Crippen LogP contribution in [0.1, 0.15) is 40.0 Å². The first-order valence-electron chi connectivity index (χ1n) is 3.96. The highest BCUT2D eigenvalue weighted by Gasteiger charge is 1.86. The van der Waals surface area contributed by atoms with Crippen molar-refractivity contribution in [2.75, 3.05) is 0 Å². The van der Waals surface area contributed by atoms with Gasteiger partial charge in [0.05, 0.1) is 0 Å². The zero-order chi connectivity index (χ0) is 7.98. The summed E-state index contributed by atoms with van der Waals surface area (Å²) in [4.78, 5) is 0. The summed E-state index contributed by atoms with van der Waals surface area (Å²) in [7, 11) is 0. The molecule has 0 aromatic heterocycles. The maximum absolute atomic E-state index is 3.84. The molecule has 0 atom stereocenters. The van der Waals surface area contributed by atoms with Gasteiger partial charge in [-0.3, -0.25) is 0 Å². The van der Waals surface area contributed by atoms with Gasteiger partial charge in [0.2, 0.25) is 0 Å². The molecule has 0 radical (unpaired) electrons. The maximum Gasteiger partial charge on any atom is -0.0142 e. The Morgan fingerprint density at radius 3 is 2.40 bits per heavy atom. The number of allylic oxidation sites excluding steroid dienone is 3. The van der Waals surface area contributed by atoms with Crippen molar-refractivity contribution in [3.63, 3.8) is 0 Å². The summed E-state index contributed by atoms with van der Waals surface area (Å²) in [5.74, 6) is 0. The van der Waals surface area contributed by atoms with E-state index in [9.17, 15) is 0 Å². The van der Waals surface area contributed by atoms with Gasteiger partial charge in [-0.05, 0) is 26.7 Å². The molecule has 0 saturated carbocycles. The highest BCUT2D eigenvalue weighted by molar-refractivity contribution is 5.05. The molecule has 0 nitrogen and oxygen atoms in total. The fraction of sp³-hybridized carbons (Fsp3) is 0.600. The van der Waals surface area contributed by atoms with Gasteiger partial charge in [0.15, 0.2) is 0 Å². The third-order valence-electron chi connectivity index (χ3n) is 1.44. The van der Waals surface area contributed by atoms with E-state index in [-0.39, 0.29) is 0 Å². The molecule has 0 aliphatic carbocycles. The Morgan fingerprint density at radius 1 is 1.40 bits per heavy atom. The predicted molar refractivity (Wildman–Crippen MR) is 48.1 cm³/mol. The van der Waals surface area contributed by atoms with Crippen LogP contribution in [0.4, 0.5) is 0 Å². The number of rotatable bonds is 4. The summed E-state index contributed by atoms with van der Waals surface area (Å²) < 4.78 is 0. The van der Waals surface area contributed by atoms with Gasteiger partial charge in [-0.1, -0.05) is 37.1 Å². The van der Waals surface area contributed by atoms with Crippen LogP contribution in [0, 0.1) is 0 Å². The van der Waals surface area contributed by atoms with Crippen molar-refractivity contribution in [2.24, 2.45) is 0 Å². The number of hydrogen-bond donors (Lipinski definition) is 0. The molecule has 0 unspecified atom stereocenters. The Bertz CT molecular complexity index is 129. The quantitative estimate of drug-likeness (QED) is 0.520. The molecule has 0 aliphatic heterocycles. The molecule has 0 aliphatic rings. The van der Waals surface area contributed by atoms with Gasteiger partial charge in [-0.25, -0.2) is 0 Å². The van der Waals surface area contributed by atoms with Crippen LogP contribution in [0.2, 0.25) is 0 Å². The average molecular weight is 138 g/mol. The van der Waals surface area contributed by atoms with Crippen molar-refractivity contribution in [3.05, 3.63) is 23.8 Å². The highest BCUT2D eigenvalue weighted by Crippen LogP contribution is 2.06. The molecule has 0 fully saturated rings. The monoisotopic (exact) mass is 138 g/mol. The standard InChI is InChI=1S/C10H18/c1-5-6-10(4)8-7-9(2)3/h8H,2,5-7H2,1,3-4H3. The first-order chi connectivity index (χ1) is 4.66. The Hall–Kier alpha value is -0.520. The molecular formula is C10H18. The molecule has 0 aromatic carbocycles. The SMILES string of the molecule is C=C(C)CC=C(C)CCC. The minimum absolute atomic E-state index is 1.05. The van der Waals surface area contributed by atoms with Crippen molar-refractivity contribution >= 4 is 0 Å².